The van der Waals surface area contributed by atoms with Crippen molar-refractivity contribution in [1.29, 1.82) is 0 Å². The molecule has 0 unspecified atom stereocenters. The number of piperidine rings is 1. The lowest BCUT2D eigenvalue weighted by atomic mass is 10.0. The molecule has 0 bridgehead atoms. The zero-order valence-electron chi connectivity index (χ0n) is 13.0. The van der Waals surface area contributed by atoms with Gasteiger partial charge < -0.3 is 9.30 Å². The average Bonchev–Trinajstić information content (AvgIpc) is 2.95. The van der Waals surface area contributed by atoms with Crippen molar-refractivity contribution in [2.75, 3.05) is 19.4 Å². The van der Waals surface area contributed by atoms with E-state index in [-0.39, 0.29) is 17.9 Å². The molecule has 7 heteroatoms. The summed E-state index contributed by atoms with van der Waals surface area (Å²) in [4.78, 5) is 4.40. The highest BCUT2D eigenvalue weighted by molar-refractivity contribution is 7.89. The molecule has 2 rings (SSSR count). The van der Waals surface area contributed by atoms with Crippen LogP contribution in [-0.2, 0) is 21.3 Å². The molecule has 120 valence electrons. The summed E-state index contributed by atoms with van der Waals surface area (Å²) in [5.74, 6) is 0.873. The molecule has 6 nitrogen and oxygen atoms in total. The second kappa shape index (κ2) is 6.89. The molecule has 2 atom stereocenters. The fourth-order valence-corrected chi connectivity index (χ4v) is 4.76. The Hall–Kier alpha value is -0.920. The normalized spacial score (nSPS) is 22.3. The molecule has 0 aromatic carbocycles. The van der Waals surface area contributed by atoms with Crippen LogP contribution in [-0.4, -0.2) is 47.8 Å². The minimum atomic E-state index is -3.34. The van der Waals surface area contributed by atoms with Crippen LogP contribution in [0.25, 0.3) is 0 Å². The quantitative estimate of drug-likeness (QED) is 0.803. The monoisotopic (exact) mass is 315 g/mol. The first-order valence-electron chi connectivity index (χ1n) is 7.53. The van der Waals surface area contributed by atoms with Crippen molar-refractivity contribution in [2.45, 2.75) is 51.8 Å². The van der Waals surface area contributed by atoms with Gasteiger partial charge in [0.1, 0.15) is 5.82 Å². The standard InChI is InChI=1S/C14H25N3O3S/c1-4-16-10-8-15-14(16)13-7-5-6-9-17(13)21(18,19)11-12(2)20-3/h8,10,12-13H,4-7,9,11H2,1-3H3/t12-,13+/m0/s1. The highest BCUT2D eigenvalue weighted by atomic mass is 32.2. The molecule has 0 aliphatic carbocycles. The van der Waals surface area contributed by atoms with Crippen LogP contribution in [0.15, 0.2) is 12.4 Å². The van der Waals surface area contributed by atoms with Gasteiger partial charge >= 0.3 is 0 Å². The maximum atomic E-state index is 12.7. The number of hydrogen-bond acceptors (Lipinski definition) is 4. The molecule has 2 heterocycles. The van der Waals surface area contributed by atoms with Crippen molar-refractivity contribution in [1.82, 2.24) is 13.9 Å². The summed E-state index contributed by atoms with van der Waals surface area (Å²) in [7, 11) is -1.80. The van der Waals surface area contributed by atoms with Gasteiger partial charge in [-0.2, -0.15) is 4.31 Å². The Morgan fingerprint density at radius 3 is 2.90 bits per heavy atom. The number of aromatic nitrogens is 2. The minimum Gasteiger partial charge on any atom is -0.381 e. The number of aryl methyl sites for hydroxylation is 1. The van der Waals surface area contributed by atoms with Crippen LogP contribution in [0.3, 0.4) is 0 Å². The van der Waals surface area contributed by atoms with E-state index in [1.807, 2.05) is 17.7 Å². The van der Waals surface area contributed by atoms with E-state index in [1.54, 1.807) is 17.4 Å². The van der Waals surface area contributed by atoms with Gasteiger partial charge in [0.25, 0.3) is 0 Å². The molecular weight excluding hydrogens is 290 g/mol. The van der Waals surface area contributed by atoms with Gasteiger partial charge in [-0.25, -0.2) is 13.4 Å². The lowest BCUT2D eigenvalue weighted by Crippen LogP contribution is -2.42. The Labute approximate surface area is 127 Å². The Balaban J connectivity index is 2.27. The van der Waals surface area contributed by atoms with E-state index in [2.05, 4.69) is 4.98 Å². The van der Waals surface area contributed by atoms with Gasteiger partial charge in [0.05, 0.1) is 17.9 Å². The molecule has 1 aromatic rings. The third-order valence-electron chi connectivity index (χ3n) is 4.05. The molecule has 0 saturated carbocycles. The number of ether oxygens (including phenoxy) is 1. The van der Waals surface area contributed by atoms with E-state index < -0.39 is 10.0 Å². The summed E-state index contributed by atoms with van der Waals surface area (Å²) in [6, 6.07) is -0.150. The molecule has 1 fully saturated rings. The third kappa shape index (κ3) is 3.64. The summed E-state index contributed by atoms with van der Waals surface area (Å²) in [6.45, 7) is 5.19. The second-order valence-corrected chi connectivity index (χ2v) is 7.48. The highest BCUT2D eigenvalue weighted by Gasteiger charge is 2.36. The maximum absolute atomic E-state index is 12.7. The second-order valence-electron chi connectivity index (χ2n) is 5.52. The van der Waals surface area contributed by atoms with Crippen LogP contribution in [0.1, 0.15) is 45.0 Å². The first kappa shape index (κ1) is 16.5. The SMILES string of the molecule is CCn1ccnc1[C@H]1CCCCN1S(=O)(=O)C[C@H](C)OC. The zero-order valence-corrected chi connectivity index (χ0v) is 13.8. The summed E-state index contributed by atoms with van der Waals surface area (Å²) in [6.07, 6.45) is 6.13. The van der Waals surface area contributed by atoms with Crippen LogP contribution in [0.4, 0.5) is 0 Å². The van der Waals surface area contributed by atoms with Crippen LogP contribution < -0.4 is 0 Å². The fourth-order valence-electron chi connectivity index (χ4n) is 2.84. The number of hydrogen-bond donors (Lipinski definition) is 0. The van der Waals surface area contributed by atoms with E-state index in [0.717, 1.165) is 31.6 Å². The van der Waals surface area contributed by atoms with Crippen LogP contribution >= 0.6 is 0 Å². The van der Waals surface area contributed by atoms with E-state index in [1.165, 1.54) is 7.11 Å². The molecule has 0 amide bonds. The summed E-state index contributed by atoms with van der Waals surface area (Å²) < 4.78 is 34.1. The van der Waals surface area contributed by atoms with E-state index in [0.29, 0.717) is 6.54 Å². The number of nitrogens with zero attached hydrogens (tertiary/aromatic N) is 3. The predicted octanol–water partition coefficient (Wildman–Crippen LogP) is 1.79. The fraction of sp³-hybridized carbons (Fsp3) is 0.786. The van der Waals surface area contributed by atoms with Crippen LogP contribution in [0.5, 0.6) is 0 Å². The Morgan fingerprint density at radius 1 is 1.48 bits per heavy atom. The van der Waals surface area contributed by atoms with Crippen LogP contribution in [0, 0.1) is 0 Å². The van der Waals surface area contributed by atoms with Gasteiger partial charge in [0.2, 0.25) is 10.0 Å². The highest BCUT2D eigenvalue weighted by Crippen LogP contribution is 2.32. The molecule has 1 aliphatic rings. The van der Waals surface area contributed by atoms with Crippen LogP contribution in [0.2, 0.25) is 0 Å². The van der Waals surface area contributed by atoms with E-state index in [4.69, 9.17) is 4.74 Å². The van der Waals surface area contributed by atoms with Crippen molar-refractivity contribution < 1.29 is 13.2 Å². The van der Waals surface area contributed by atoms with Crippen molar-refractivity contribution >= 4 is 10.0 Å². The van der Waals surface area contributed by atoms with Crippen molar-refractivity contribution in [3.05, 3.63) is 18.2 Å². The smallest absolute Gasteiger partial charge is 0.217 e. The number of imidazole rings is 1. The Bertz CT molecular complexity index is 556. The molecule has 1 aliphatic heterocycles. The van der Waals surface area contributed by atoms with Crippen molar-refractivity contribution in [2.24, 2.45) is 0 Å². The third-order valence-corrected chi connectivity index (χ3v) is 6.09. The van der Waals surface area contributed by atoms with E-state index in [9.17, 15) is 8.42 Å². The largest absolute Gasteiger partial charge is 0.381 e. The average molecular weight is 315 g/mol. The summed E-state index contributed by atoms with van der Waals surface area (Å²) in [5.41, 5.74) is 0. The minimum absolute atomic E-state index is 0.0207. The first-order chi connectivity index (χ1) is 9.99. The van der Waals surface area contributed by atoms with Crippen molar-refractivity contribution in [3.63, 3.8) is 0 Å². The lowest BCUT2D eigenvalue weighted by Gasteiger charge is -2.35. The summed E-state index contributed by atoms with van der Waals surface area (Å²) in [5, 5.41) is 0. The first-order valence-corrected chi connectivity index (χ1v) is 9.13. The van der Waals surface area contributed by atoms with Gasteiger partial charge in [-0.15, -0.1) is 0 Å². The van der Waals surface area contributed by atoms with Gasteiger partial charge in [0.15, 0.2) is 0 Å². The molecule has 1 saturated heterocycles. The maximum Gasteiger partial charge on any atom is 0.217 e. The number of methoxy groups -OCH3 is 1. The number of sulfonamides is 1. The molecular formula is C14H25N3O3S. The van der Waals surface area contributed by atoms with Gasteiger partial charge in [-0.05, 0) is 26.7 Å². The molecule has 21 heavy (non-hydrogen) atoms. The zero-order chi connectivity index (χ0) is 15.5. The Morgan fingerprint density at radius 2 is 2.24 bits per heavy atom. The lowest BCUT2D eigenvalue weighted by molar-refractivity contribution is 0.133. The Kier molecular flexibility index (Phi) is 5.40. The van der Waals surface area contributed by atoms with Gasteiger partial charge in [0, 0.05) is 32.6 Å². The summed E-state index contributed by atoms with van der Waals surface area (Å²) >= 11 is 0. The van der Waals surface area contributed by atoms with E-state index >= 15 is 0 Å². The topological polar surface area (TPSA) is 64.4 Å². The van der Waals surface area contributed by atoms with Gasteiger partial charge in [-0.1, -0.05) is 6.42 Å². The molecule has 0 spiro atoms. The number of rotatable bonds is 6. The molecule has 0 N–H and O–H groups in total. The molecule has 0 radical (unpaired) electrons. The van der Waals surface area contributed by atoms with Crippen molar-refractivity contribution in [3.8, 4) is 0 Å². The molecule has 1 aromatic heterocycles. The predicted molar refractivity (Wildman–Crippen MR) is 81.5 cm³/mol. The van der Waals surface area contributed by atoms with Gasteiger partial charge in [-0.3, -0.25) is 0 Å².